The molecule has 1 atom stereocenters. The SMILES string of the molecule is CC(Sc1cccc(B(O)O)c1)c1ccc2c(c1)OC(F)(F)O2. The molecule has 0 saturated heterocycles. The molecule has 1 heterocycles. The topological polar surface area (TPSA) is 58.9 Å². The fourth-order valence-corrected chi connectivity index (χ4v) is 3.29. The number of rotatable bonds is 4. The molecule has 2 N–H and O–H groups in total. The van der Waals surface area contributed by atoms with Gasteiger partial charge in [-0.05, 0) is 42.2 Å². The lowest BCUT2D eigenvalue weighted by molar-refractivity contribution is -0.286. The average Bonchev–Trinajstić information content (AvgIpc) is 2.80. The minimum absolute atomic E-state index is 0.0134. The van der Waals surface area contributed by atoms with E-state index >= 15 is 0 Å². The molecule has 4 nitrogen and oxygen atoms in total. The van der Waals surface area contributed by atoms with E-state index in [2.05, 4.69) is 9.47 Å². The molecule has 0 fully saturated rings. The predicted octanol–water partition coefficient (Wildman–Crippen LogP) is 2.54. The summed E-state index contributed by atoms with van der Waals surface area (Å²) >= 11 is 1.47. The molecule has 0 saturated carbocycles. The third kappa shape index (κ3) is 3.60. The van der Waals surface area contributed by atoms with Crippen molar-refractivity contribution in [1.82, 2.24) is 0 Å². The van der Waals surface area contributed by atoms with Crippen LogP contribution in [0.5, 0.6) is 11.5 Å². The van der Waals surface area contributed by atoms with Crippen LogP contribution in [0.1, 0.15) is 17.7 Å². The summed E-state index contributed by atoms with van der Waals surface area (Å²) < 4.78 is 34.9. The van der Waals surface area contributed by atoms with Crippen molar-refractivity contribution >= 4 is 24.3 Å². The summed E-state index contributed by atoms with van der Waals surface area (Å²) in [6.07, 6.45) is -3.62. The van der Waals surface area contributed by atoms with E-state index in [0.717, 1.165) is 10.5 Å². The maximum atomic E-state index is 13.0. The average molecular weight is 338 g/mol. The minimum Gasteiger partial charge on any atom is -0.423 e. The number of thioether (sulfide) groups is 1. The number of alkyl halides is 2. The Balaban J connectivity index is 1.77. The molecule has 1 aliphatic heterocycles. The van der Waals surface area contributed by atoms with Gasteiger partial charge in [0.05, 0.1) is 0 Å². The quantitative estimate of drug-likeness (QED) is 0.663. The fourth-order valence-electron chi connectivity index (χ4n) is 2.24. The van der Waals surface area contributed by atoms with Crippen LogP contribution in [0.2, 0.25) is 0 Å². The van der Waals surface area contributed by atoms with Gasteiger partial charge in [-0.15, -0.1) is 20.5 Å². The maximum Gasteiger partial charge on any atom is 0.586 e. The molecule has 0 aromatic heterocycles. The summed E-state index contributed by atoms with van der Waals surface area (Å²) in [6.45, 7) is 1.92. The van der Waals surface area contributed by atoms with E-state index in [1.807, 2.05) is 13.0 Å². The Morgan fingerprint density at radius 3 is 2.57 bits per heavy atom. The van der Waals surface area contributed by atoms with Crippen molar-refractivity contribution in [3.8, 4) is 11.5 Å². The van der Waals surface area contributed by atoms with E-state index in [0.29, 0.717) is 5.46 Å². The van der Waals surface area contributed by atoms with Crippen molar-refractivity contribution in [3.05, 3.63) is 48.0 Å². The summed E-state index contributed by atoms with van der Waals surface area (Å²) in [4.78, 5) is 0.839. The standard InChI is InChI=1S/C15H13BF2O4S/c1-9(23-12-4-2-3-11(8-12)16(19)20)10-5-6-13-14(7-10)22-15(17,18)21-13/h2-9,19-20H,1H3. The largest absolute Gasteiger partial charge is 0.586 e. The van der Waals surface area contributed by atoms with Gasteiger partial charge in [-0.1, -0.05) is 18.2 Å². The third-order valence-corrected chi connectivity index (χ3v) is 4.52. The summed E-state index contributed by atoms with van der Waals surface area (Å²) in [5.41, 5.74) is 1.19. The Labute approximate surface area is 136 Å². The molecular formula is C15H13BF2O4S. The number of halogens is 2. The van der Waals surface area contributed by atoms with Crippen molar-refractivity contribution in [2.75, 3.05) is 0 Å². The first-order chi connectivity index (χ1) is 10.8. The second kappa shape index (κ2) is 6.03. The van der Waals surface area contributed by atoms with Crippen LogP contribution in [0.3, 0.4) is 0 Å². The van der Waals surface area contributed by atoms with E-state index in [-0.39, 0.29) is 16.7 Å². The first-order valence-electron chi connectivity index (χ1n) is 6.86. The van der Waals surface area contributed by atoms with Crippen molar-refractivity contribution < 1.29 is 28.3 Å². The van der Waals surface area contributed by atoms with E-state index in [9.17, 15) is 18.8 Å². The van der Waals surface area contributed by atoms with Gasteiger partial charge in [0.15, 0.2) is 11.5 Å². The highest BCUT2D eigenvalue weighted by Gasteiger charge is 2.43. The lowest BCUT2D eigenvalue weighted by atomic mass is 9.80. The van der Waals surface area contributed by atoms with Crippen LogP contribution in [0, 0.1) is 0 Å². The smallest absolute Gasteiger partial charge is 0.423 e. The molecule has 2 aromatic rings. The normalized spacial score (nSPS) is 16.2. The number of benzene rings is 2. The first-order valence-corrected chi connectivity index (χ1v) is 7.74. The van der Waals surface area contributed by atoms with Gasteiger partial charge >= 0.3 is 13.4 Å². The van der Waals surface area contributed by atoms with E-state index in [1.54, 1.807) is 24.3 Å². The van der Waals surface area contributed by atoms with E-state index in [4.69, 9.17) is 0 Å². The minimum atomic E-state index is -3.62. The lowest BCUT2D eigenvalue weighted by Crippen LogP contribution is -2.29. The second-order valence-corrected chi connectivity index (χ2v) is 6.49. The molecular weight excluding hydrogens is 325 g/mol. The Bertz CT molecular complexity index is 726. The Hall–Kier alpha value is -1.77. The summed E-state index contributed by atoms with van der Waals surface area (Å²) in [5.74, 6) is 0.0285. The number of hydrogen-bond acceptors (Lipinski definition) is 5. The highest BCUT2D eigenvalue weighted by Crippen LogP contribution is 2.44. The van der Waals surface area contributed by atoms with Gasteiger partial charge in [-0.25, -0.2) is 0 Å². The van der Waals surface area contributed by atoms with Gasteiger partial charge in [0, 0.05) is 10.1 Å². The van der Waals surface area contributed by atoms with Crippen LogP contribution in [0.25, 0.3) is 0 Å². The maximum absolute atomic E-state index is 13.0. The van der Waals surface area contributed by atoms with Crippen molar-refractivity contribution in [2.45, 2.75) is 23.4 Å². The predicted molar refractivity (Wildman–Crippen MR) is 83.2 cm³/mol. The number of hydrogen-bond donors (Lipinski definition) is 2. The van der Waals surface area contributed by atoms with Crippen LogP contribution in [-0.4, -0.2) is 23.5 Å². The van der Waals surface area contributed by atoms with Crippen LogP contribution in [0.15, 0.2) is 47.4 Å². The molecule has 0 aliphatic carbocycles. The number of fused-ring (bicyclic) bond motifs is 1. The van der Waals surface area contributed by atoms with Crippen LogP contribution in [-0.2, 0) is 0 Å². The molecule has 0 spiro atoms. The van der Waals surface area contributed by atoms with Crippen LogP contribution >= 0.6 is 11.8 Å². The second-order valence-electron chi connectivity index (χ2n) is 5.08. The fraction of sp³-hybridized carbons (Fsp3) is 0.200. The summed E-state index contributed by atoms with van der Waals surface area (Å²) in [6, 6.07) is 11.5. The third-order valence-electron chi connectivity index (χ3n) is 3.36. The Morgan fingerprint density at radius 2 is 1.83 bits per heavy atom. The molecule has 1 aliphatic rings. The zero-order valence-corrected chi connectivity index (χ0v) is 12.9. The lowest BCUT2D eigenvalue weighted by Gasteiger charge is -2.13. The monoisotopic (exact) mass is 338 g/mol. The highest BCUT2D eigenvalue weighted by atomic mass is 32.2. The molecule has 0 bridgehead atoms. The van der Waals surface area contributed by atoms with Gasteiger partial charge in [-0.2, -0.15) is 0 Å². The van der Waals surface area contributed by atoms with Crippen molar-refractivity contribution in [2.24, 2.45) is 0 Å². The number of ether oxygens (including phenoxy) is 2. The molecule has 2 aromatic carbocycles. The molecule has 0 radical (unpaired) electrons. The highest BCUT2D eigenvalue weighted by molar-refractivity contribution is 7.99. The molecule has 1 unspecified atom stereocenters. The molecule has 8 heteroatoms. The molecule has 0 amide bonds. The summed E-state index contributed by atoms with van der Waals surface area (Å²) in [7, 11) is -1.53. The van der Waals surface area contributed by atoms with Crippen LogP contribution in [0.4, 0.5) is 8.78 Å². The zero-order valence-electron chi connectivity index (χ0n) is 12.1. The van der Waals surface area contributed by atoms with E-state index in [1.165, 1.54) is 23.9 Å². The first kappa shape index (κ1) is 16.1. The van der Waals surface area contributed by atoms with Crippen molar-refractivity contribution in [1.29, 1.82) is 0 Å². The van der Waals surface area contributed by atoms with Gasteiger partial charge in [0.1, 0.15) is 0 Å². The molecule has 23 heavy (non-hydrogen) atoms. The molecule has 120 valence electrons. The Morgan fingerprint density at radius 1 is 1.09 bits per heavy atom. The van der Waals surface area contributed by atoms with Gasteiger partial charge < -0.3 is 19.5 Å². The zero-order chi connectivity index (χ0) is 16.6. The van der Waals surface area contributed by atoms with Crippen molar-refractivity contribution in [3.63, 3.8) is 0 Å². The van der Waals surface area contributed by atoms with Gasteiger partial charge in [0.2, 0.25) is 0 Å². The van der Waals surface area contributed by atoms with E-state index < -0.39 is 13.4 Å². The van der Waals surface area contributed by atoms with Gasteiger partial charge in [0.25, 0.3) is 0 Å². The van der Waals surface area contributed by atoms with Gasteiger partial charge in [-0.3, -0.25) is 0 Å². The summed E-state index contributed by atoms with van der Waals surface area (Å²) in [5, 5.41) is 18.3. The molecule has 3 rings (SSSR count). The van der Waals surface area contributed by atoms with Crippen LogP contribution < -0.4 is 14.9 Å². The Kier molecular flexibility index (Phi) is 4.22.